The third-order valence-electron chi connectivity index (χ3n) is 2.15. The van der Waals surface area contributed by atoms with Gasteiger partial charge in [-0.1, -0.05) is 0 Å². The molecule has 0 bridgehead atoms. The van der Waals surface area contributed by atoms with Gasteiger partial charge in [-0.3, -0.25) is 4.79 Å². The molecule has 2 aromatic rings. The number of benzene rings is 1. The van der Waals surface area contributed by atoms with Gasteiger partial charge in [0, 0.05) is 11.3 Å². The number of hydrogen-bond acceptors (Lipinski definition) is 3. The fraction of sp³-hybridized carbons (Fsp3) is 0.0833. The van der Waals surface area contributed by atoms with E-state index in [0.29, 0.717) is 17.0 Å². The van der Waals surface area contributed by atoms with Crippen molar-refractivity contribution in [2.75, 3.05) is 5.73 Å². The molecule has 15 heavy (non-hydrogen) atoms. The first-order valence-corrected chi connectivity index (χ1v) is 4.67. The number of ketones is 1. The van der Waals surface area contributed by atoms with E-state index in [-0.39, 0.29) is 12.2 Å². The Morgan fingerprint density at radius 2 is 1.93 bits per heavy atom. The summed E-state index contributed by atoms with van der Waals surface area (Å²) in [5, 5.41) is 0. The Hall–Kier alpha value is -2.03. The third-order valence-corrected chi connectivity index (χ3v) is 2.15. The number of nitrogen functional groups attached to an aromatic ring is 1. The summed E-state index contributed by atoms with van der Waals surface area (Å²) >= 11 is 0. The number of furan rings is 1. The Kier molecular flexibility index (Phi) is 2.54. The minimum atomic E-state index is 0.0324. The predicted molar refractivity (Wildman–Crippen MR) is 57.6 cm³/mol. The van der Waals surface area contributed by atoms with Gasteiger partial charge in [-0.05, 0) is 36.4 Å². The van der Waals surface area contributed by atoms with Crippen LogP contribution < -0.4 is 5.73 Å². The van der Waals surface area contributed by atoms with Crippen molar-refractivity contribution >= 4 is 11.5 Å². The van der Waals surface area contributed by atoms with Crippen LogP contribution >= 0.6 is 0 Å². The topological polar surface area (TPSA) is 56.2 Å². The summed E-state index contributed by atoms with van der Waals surface area (Å²) < 4.78 is 5.10. The van der Waals surface area contributed by atoms with Crippen LogP contribution in [0.15, 0.2) is 47.1 Å². The Morgan fingerprint density at radius 3 is 2.53 bits per heavy atom. The van der Waals surface area contributed by atoms with E-state index in [9.17, 15) is 4.79 Å². The molecule has 0 aliphatic rings. The standard InChI is InChI=1S/C12H11NO2/c13-10-5-3-9(4-6-10)12(14)8-11-2-1-7-15-11/h1-7H,8,13H2. The highest BCUT2D eigenvalue weighted by Gasteiger charge is 2.08. The van der Waals surface area contributed by atoms with Gasteiger partial charge in [-0.25, -0.2) is 0 Å². The van der Waals surface area contributed by atoms with Gasteiger partial charge in [0.15, 0.2) is 5.78 Å². The molecule has 2 rings (SSSR count). The average Bonchev–Trinajstić information content (AvgIpc) is 2.71. The molecular formula is C12H11NO2. The number of rotatable bonds is 3. The third kappa shape index (κ3) is 2.26. The fourth-order valence-electron chi connectivity index (χ4n) is 1.34. The summed E-state index contributed by atoms with van der Waals surface area (Å²) in [5.74, 6) is 0.710. The SMILES string of the molecule is Nc1ccc(C(=O)Cc2ccco2)cc1. The minimum Gasteiger partial charge on any atom is -0.469 e. The average molecular weight is 201 g/mol. The zero-order valence-electron chi connectivity index (χ0n) is 8.14. The number of hydrogen-bond donors (Lipinski definition) is 1. The number of carbonyl (C=O) groups excluding carboxylic acids is 1. The van der Waals surface area contributed by atoms with Gasteiger partial charge in [0.05, 0.1) is 12.7 Å². The molecule has 1 aromatic carbocycles. The lowest BCUT2D eigenvalue weighted by Gasteiger charge is -1.99. The first-order valence-electron chi connectivity index (χ1n) is 4.67. The minimum absolute atomic E-state index is 0.0324. The van der Waals surface area contributed by atoms with Crippen LogP contribution in [0, 0.1) is 0 Å². The van der Waals surface area contributed by atoms with E-state index in [1.165, 1.54) is 0 Å². The van der Waals surface area contributed by atoms with E-state index < -0.39 is 0 Å². The van der Waals surface area contributed by atoms with E-state index in [1.807, 2.05) is 0 Å². The molecule has 0 amide bonds. The highest BCUT2D eigenvalue weighted by Crippen LogP contribution is 2.10. The number of anilines is 1. The molecule has 0 aliphatic heterocycles. The number of Topliss-reactive ketones (excluding diaryl/α,β-unsaturated/α-hetero) is 1. The highest BCUT2D eigenvalue weighted by molar-refractivity contribution is 5.97. The van der Waals surface area contributed by atoms with Gasteiger partial charge in [0.1, 0.15) is 5.76 Å². The predicted octanol–water partition coefficient (Wildman–Crippen LogP) is 2.29. The Morgan fingerprint density at radius 1 is 1.20 bits per heavy atom. The highest BCUT2D eigenvalue weighted by atomic mass is 16.3. The summed E-state index contributed by atoms with van der Waals surface area (Å²) in [6.07, 6.45) is 1.85. The van der Waals surface area contributed by atoms with Crippen LogP contribution in [0.25, 0.3) is 0 Å². The smallest absolute Gasteiger partial charge is 0.170 e. The number of nitrogens with two attached hydrogens (primary N) is 1. The molecule has 0 spiro atoms. The van der Waals surface area contributed by atoms with E-state index in [4.69, 9.17) is 10.2 Å². The molecule has 0 saturated heterocycles. The van der Waals surface area contributed by atoms with Gasteiger partial charge in [-0.15, -0.1) is 0 Å². The maximum Gasteiger partial charge on any atom is 0.170 e. The van der Waals surface area contributed by atoms with Crippen LogP contribution in [0.1, 0.15) is 16.1 Å². The Bertz CT molecular complexity index is 443. The summed E-state index contributed by atoms with van der Waals surface area (Å²) in [5.41, 5.74) is 6.84. The lowest BCUT2D eigenvalue weighted by atomic mass is 10.1. The molecule has 3 heteroatoms. The van der Waals surface area contributed by atoms with Crippen LogP contribution in [-0.4, -0.2) is 5.78 Å². The van der Waals surface area contributed by atoms with E-state index in [0.717, 1.165) is 0 Å². The molecule has 0 unspecified atom stereocenters. The molecule has 0 saturated carbocycles. The second-order valence-electron chi connectivity index (χ2n) is 3.30. The Balaban J connectivity index is 2.11. The van der Waals surface area contributed by atoms with Crippen LogP contribution in [0.5, 0.6) is 0 Å². The van der Waals surface area contributed by atoms with Crippen molar-refractivity contribution in [2.24, 2.45) is 0 Å². The molecule has 76 valence electrons. The molecular weight excluding hydrogens is 190 g/mol. The van der Waals surface area contributed by atoms with Gasteiger partial charge in [-0.2, -0.15) is 0 Å². The summed E-state index contributed by atoms with van der Waals surface area (Å²) in [6, 6.07) is 10.4. The zero-order chi connectivity index (χ0) is 10.7. The van der Waals surface area contributed by atoms with Crippen molar-refractivity contribution in [2.45, 2.75) is 6.42 Å². The summed E-state index contributed by atoms with van der Waals surface area (Å²) in [4.78, 5) is 11.7. The first-order chi connectivity index (χ1) is 7.25. The maximum atomic E-state index is 11.7. The molecule has 0 radical (unpaired) electrons. The van der Waals surface area contributed by atoms with Crippen molar-refractivity contribution in [3.05, 3.63) is 54.0 Å². The molecule has 1 heterocycles. The van der Waals surface area contributed by atoms with Crippen molar-refractivity contribution in [3.63, 3.8) is 0 Å². The van der Waals surface area contributed by atoms with E-state index in [2.05, 4.69) is 0 Å². The molecule has 2 N–H and O–H groups in total. The fourth-order valence-corrected chi connectivity index (χ4v) is 1.34. The van der Waals surface area contributed by atoms with Gasteiger partial charge < -0.3 is 10.2 Å². The van der Waals surface area contributed by atoms with E-state index in [1.54, 1.807) is 42.7 Å². The van der Waals surface area contributed by atoms with Gasteiger partial charge in [0.25, 0.3) is 0 Å². The van der Waals surface area contributed by atoms with Crippen LogP contribution in [-0.2, 0) is 6.42 Å². The number of carbonyl (C=O) groups is 1. The van der Waals surface area contributed by atoms with Crippen LogP contribution in [0.4, 0.5) is 5.69 Å². The van der Waals surface area contributed by atoms with Crippen molar-refractivity contribution < 1.29 is 9.21 Å². The van der Waals surface area contributed by atoms with Gasteiger partial charge >= 0.3 is 0 Å². The quantitative estimate of drug-likeness (QED) is 0.612. The van der Waals surface area contributed by atoms with Crippen molar-refractivity contribution in [1.29, 1.82) is 0 Å². The normalized spacial score (nSPS) is 10.1. The van der Waals surface area contributed by atoms with Crippen molar-refractivity contribution in [3.8, 4) is 0 Å². The Labute approximate surface area is 87.5 Å². The zero-order valence-corrected chi connectivity index (χ0v) is 8.14. The molecule has 0 fully saturated rings. The molecule has 0 aliphatic carbocycles. The second kappa shape index (κ2) is 4.00. The summed E-state index contributed by atoms with van der Waals surface area (Å²) in [6.45, 7) is 0. The molecule has 1 aromatic heterocycles. The molecule has 0 atom stereocenters. The summed E-state index contributed by atoms with van der Waals surface area (Å²) in [7, 11) is 0. The van der Waals surface area contributed by atoms with E-state index >= 15 is 0 Å². The maximum absolute atomic E-state index is 11.7. The largest absolute Gasteiger partial charge is 0.469 e. The van der Waals surface area contributed by atoms with Crippen LogP contribution in [0.2, 0.25) is 0 Å². The lowest BCUT2D eigenvalue weighted by Crippen LogP contribution is -2.02. The van der Waals surface area contributed by atoms with Crippen LogP contribution in [0.3, 0.4) is 0 Å². The molecule has 3 nitrogen and oxygen atoms in total. The monoisotopic (exact) mass is 201 g/mol. The van der Waals surface area contributed by atoms with Crippen molar-refractivity contribution in [1.82, 2.24) is 0 Å². The second-order valence-corrected chi connectivity index (χ2v) is 3.30. The first kappa shape index (κ1) is 9.52. The van der Waals surface area contributed by atoms with Gasteiger partial charge in [0.2, 0.25) is 0 Å². The lowest BCUT2D eigenvalue weighted by molar-refractivity contribution is 0.0987.